The summed E-state index contributed by atoms with van der Waals surface area (Å²) in [7, 11) is 0. The van der Waals surface area contributed by atoms with Crippen LogP contribution < -0.4 is 16.4 Å². The SMILES string of the molecule is CCCCC(C)(CNC(C)=O)Nc1nc(N)nc2nccnc12. The van der Waals surface area contributed by atoms with Gasteiger partial charge in [-0.2, -0.15) is 9.97 Å². The summed E-state index contributed by atoms with van der Waals surface area (Å²) in [4.78, 5) is 28.1. The molecule has 1 unspecified atom stereocenters. The number of hydrogen-bond acceptors (Lipinski definition) is 7. The molecule has 0 saturated carbocycles. The van der Waals surface area contributed by atoms with Gasteiger partial charge in [-0.15, -0.1) is 0 Å². The largest absolute Gasteiger partial charge is 0.368 e. The summed E-state index contributed by atoms with van der Waals surface area (Å²) in [6.07, 6.45) is 6.10. The first-order chi connectivity index (χ1) is 10.9. The van der Waals surface area contributed by atoms with Gasteiger partial charge in [0.2, 0.25) is 11.9 Å². The second kappa shape index (κ2) is 7.17. The van der Waals surface area contributed by atoms with Crippen molar-refractivity contribution < 1.29 is 4.79 Å². The van der Waals surface area contributed by atoms with E-state index >= 15 is 0 Å². The number of rotatable bonds is 7. The highest BCUT2D eigenvalue weighted by Gasteiger charge is 2.26. The average Bonchev–Trinajstić information content (AvgIpc) is 2.51. The van der Waals surface area contributed by atoms with Gasteiger partial charge in [0, 0.05) is 25.9 Å². The predicted octanol–water partition coefficient (Wildman–Crippen LogP) is 1.50. The Morgan fingerprint density at radius 1 is 1.30 bits per heavy atom. The van der Waals surface area contributed by atoms with Crippen LogP contribution in [0.5, 0.6) is 0 Å². The van der Waals surface area contributed by atoms with Crippen molar-refractivity contribution in [2.45, 2.75) is 45.6 Å². The van der Waals surface area contributed by atoms with Gasteiger partial charge in [0.25, 0.3) is 0 Å². The molecule has 0 bridgehead atoms. The molecule has 2 aromatic heterocycles. The number of amides is 1. The predicted molar refractivity (Wildman–Crippen MR) is 89.8 cm³/mol. The van der Waals surface area contributed by atoms with Gasteiger partial charge < -0.3 is 16.4 Å². The van der Waals surface area contributed by atoms with Gasteiger partial charge in [0.1, 0.15) is 0 Å². The first kappa shape index (κ1) is 16.9. The zero-order valence-corrected chi connectivity index (χ0v) is 13.8. The maximum Gasteiger partial charge on any atom is 0.224 e. The molecule has 0 spiro atoms. The number of nitrogens with zero attached hydrogens (tertiary/aromatic N) is 4. The summed E-state index contributed by atoms with van der Waals surface area (Å²) in [6.45, 7) is 6.15. The van der Waals surface area contributed by atoms with Crippen molar-refractivity contribution in [2.75, 3.05) is 17.6 Å². The maximum absolute atomic E-state index is 11.3. The number of anilines is 2. The molecule has 1 atom stereocenters. The van der Waals surface area contributed by atoms with Crippen molar-refractivity contribution in [3.63, 3.8) is 0 Å². The van der Waals surface area contributed by atoms with E-state index in [1.165, 1.54) is 6.92 Å². The minimum absolute atomic E-state index is 0.0682. The van der Waals surface area contributed by atoms with E-state index in [-0.39, 0.29) is 17.4 Å². The lowest BCUT2D eigenvalue weighted by atomic mass is 9.94. The Hall–Kier alpha value is -2.51. The number of nitrogens with one attached hydrogen (secondary N) is 2. The van der Waals surface area contributed by atoms with E-state index in [4.69, 9.17) is 5.73 Å². The summed E-state index contributed by atoms with van der Waals surface area (Å²) < 4.78 is 0. The molecule has 2 heterocycles. The van der Waals surface area contributed by atoms with E-state index in [0.717, 1.165) is 19.3 Å². The van der Waals surface area contributed by atoms with E-state index in [2.05, 4.69) is 37.5 Å². The molecule has 124 valence electrons. The molecule has 2 rings (SSSR count). The monoisotopic (exact) mass is 317 g/mol. The van der Waals surface area contributed by atoms with Crippen LogP contribution in [0.4, 0.5) is 11.8 Å². The lowest BCUT2D eigenvalue weighted by Crippen LogP contribution is -2.46. The second-order valence-electron chi connectivity index (χ2n) is 5.86. The van der Waals surface area contributed by atoms with Crippen molar-refractivity contribution >= 4 is 28.8 Å². The molecule has 0 aliphatic rings. The molecule has 1 amide bonds. The zero-order valence-electron chi connectivity index (χ0n) is 13.8. The molecule has 0 aliphatic heterocycles. The molecule has 0 fully saturated rings. The smallest absolute Gasteiger partial charge is 0.224 e. The van der Waals surface area contributed by atoms with E-state index in [9.17, 15) is 4.79 Å². The third kappa shape index (κ3) is 4.48. The summed E-state index contributed by atoms with van der Waals surface area (Å²) in [5, 5.41) is 6.25. The quantitative estimate of drug-likeness (QED) is 0.708. The molecular formula is C15H23N7O. The Morgan fingerprint density at radius 2 is 2.04 bits per heavy atom. The highest BCUT2D eigenvalue weighted by atomic mass is 16.1. The molecule has 0 aliphatic carbocycles. The molecule has 0 aromatic carbocycles. The van der Waals surface area contributed by atoms with Crippen LogP contribution >= 0.6 is 0 Å². The van der Waals surface area contributed by atoms with Crippen molar-refractivity contribution in [2.24, 2.45) is 0 Å². The van der Waals surface area contributed by atoms with Gasteiger partial charge in [-0.1, -0.05) is 19.8 Å². The Kier molecular flexibility index (Phi) is 5.25. The number of unbranched alkanes of at least 4 members (excludes halogenated alkanes) is 1. The third-order valence-corrected chi connectivity index (χ3v) is 3.58. The number of carbonyl (C=O) groups is 1. The highest BCUT2D eigenvalue weighted by molar-refractivity contribution is 5.83. The lowest BCUT2D eigenvalue weighted by Gasteiger charge is -2.32. The summed E-state index contributed by atoms with van der Waals surface area (Å²) in [5.74, 6) is 0.601. The molecule has 23 heavy (non-hydrogen) atoms. The highest BCUT2D eigenvalue weighted by Crippen LogP contribution is 2.24. The summed E-state index contributed by atoms with van der Waals surface area (Å²) in [5.41, 5.74) is 6.40. The van der Waals surface area contributed by atoms with Crippen LogP contribution in [0.15, 0.2) is 12.4 Å². The number of nitrogen functional groups attached to an aromatic ring is 1. The zero-order chi connectivity index (χ0) is 16.9. The summed E-state index contributed by atoms with van der Waals surface area (Å²) in [6, 6.07) is 0. The number of aromatic nitrogens is 4. The first-order valence-electron chi connectivity index (χ1n) is 7.70. The van der Waals surface area contributed by atoms with Crippen LogP contribution in [-0.2, 0) is 4.79 Å². The van der Waals surface area contributed by atoms with Crippen molar-refractivity contribution in [1.29, 1.82) is 0 Å². The maximum atomic E-state index is 11.3. The van der Waals surface area contributed by atoms with E-state index in [1.54, 1.807) is 12.4 Å². The molecule has 0 radical (unpaired) electrons. The molecule has 8 heteroatoms. The lowest BCUT2D eigenvalue weighted by molar-refractivity contribution is -0.119. The van der Waals surface area contributed by atoms with Gasteiger partial charge in [0.05, 0.1) is 5.54 Å². The topological polar surface area (TPSA) is 119 Å². The first-order valence-corrected chi connectivity index (χ1v) is 7.70. The van der Waals surface area contributed by atoms with Gasteiger partial charge in [-0.05, 0) is 13.3 Å². The molecule has 2 aromatic rings. The van der Waals surface area contributed by atoms with Gasteiger partial charge in [-0.3, -0.25) is 4.79 Å². The fourth-order valence-electron chi connectivity index (χ4n) is 2.34. The van der Waals surface area contributed by atoms with Crippen LogP contribution in [0.1, 0.15) is 40.0 Å². The second-order valence-corrected chi connectivity index (χ2v) is 5.86. The molecular weight excluding hydrogens is 294 g/mol. The van der Waals surface area contributed by atoms with Crippen molar-refractivity contribution in [3.05, 3.63) is 12.4 Å². The standard InChI is InChI=1S/C15H23N7O/c1-4-5-6-15(3,9-19-10(2)23)22-13-11-12(18-8-7-17-11)20-14(16)21-13/h7-8H,4-6,9H2,1-3H3,(H,19,23)(H3,16,18,20,21,22). The third-order valence-electron chi connectivity index (χ3n) is 3.58. The Labute approximate surface area is 135 Å². The minimum atomic E-state index is -0.368. The van der Waals surface area contributed by atoms with Crippen LogP contribution in [0.3, 0.4) is 0 Å². The van der Waals surface area contributed by atoms with E-state index < -0.39 is 0 Å². The van der Waals surface area contributed by atoms with E-state index in [0.29, 0.717) is 23.5 Å². The Bertz CT molecular complexity index is 691. The fourth-order valence-corrected chi connectivity index (χ4v) is 2.34. The minimum Gasteiger partial charge on any atom is -0.368 e. The average molecular weight is 317 g/mol. The molecule has 0 saturated heterocycles. The number of fused-ring (bicyclic) bond motifs is 1. The van der Waals surface area contributed by atoms with Gasteiger partial charge in [-0.25, -0.2) is 9.97 Å². The van der Waals surface area contributed by atoms with Crippen molar-refractivity contribution in [1.82, 2.24) is 25.3 Å². The normalized spacial score (nSPS) is 13.5. The van der Waals surface area contributed by atoms with Crippen LogP contribution in [0, 0.1) is 0 Å². The van der Waals surface area contributed by atoms with Crippen LogP contribution in [0.25, 0.3) is 11.2 Å². The van der Waals surface area contributed by atoms with E-state index in [1.807, 2.05) is 6.92 Å². The van der Waals surface area contributed by atoms with Gasteiger partial charge in [0.15, 0.2) is 17.0 Å². The number of hydrogen-bond donors (Lipinski definition) is 3. The van der Waals surface area contributed by atoms with Crippen molar-refractivity contribution in [3.8, 4) is 0 Å². The fraction of sp³-hybridized carbons (Fsp3) is 0.533. The molecule has 4 N–H and O–H groups in total. The van der Waals surface area contributed by atoms with Crippen LogP contribution in [0.2, 0.25) is 0 Å². The Morgan fingerprint density at radius 3 is 2.74 bits per heavy atom. The molecule has 8 nitrogen and oxygen atoms in total. The Balaban J connectivity index is 2.33. The summed E-state index contributed by atoms with van der Waals surface area (Å²) >= 11 is 0. The number of carbonyl (C=O) groups excluding carboxylic acids is 1. The van der Waals surface area contributed by atoms with Crippen LogP contribution in [-0.4, -0.2) is 37.9 Å². The number of nitrogens with two attached hydrogens (primary N) is 1. The van der Waals surface area contributed by atoms with Gasteiger partial charge >= 0.3 is 0 Å².